The van der Waals surface area contributed by atoms with Crippen LogP contribution >= 0.6 is 0 Å². The van der Waals surface area contributed by atoms with Crippen molar-refractivity contribution in [2.75, 3.05) is 14.1 Å². The zero-order chi connectivity index (χ0) is 36.5. The Morgan fingerprint density at radius 2 is 1.02 bits per heavy atom. The number of carbonyl (C=O) groups is 2. The number of ether oxygens (including phenoxy) is 2. The third-order valence-corrected chi connectivity index (χ3v) is 9.76. The average molecular weight is 696 g/mol. The van der Waals surface area contributed by atoms with Crippen LogP contribution in [-0.4, -0.2) is 42.4 Å². The summed E-state index contributed by atoms with van der Waals surface area (Å²) in [6, 6.07) is 0.362. The van der Waals surface area contributed by atoms with Crippen molar-refractivity contribution in [3.8, 4) is 0 Å². The minimum Gasteiger partial charge on any atom is -0.444 e. The van der Waals surface area contributed by atoms with E-state index in [4.69, 9.17) is 9.47 Å². The van der Waals surface area contributed by atoms with E-state index in [2.05, 4.69) is 88.4 Å². The molecule has 0 aromatic rings. The first-order chi connectivity index (χ1) is 24.4. The van der Waals surface area contributed by atoms with Gasteiger partial charge in [-0.3, -0.25) is 9.59 Å². The second-order valence-corrected chi connectivity index (χ2v) is 14.6. The standard InChI is InChI=1S/C45H77NO4/c1-6-8-10-12-14-16-18-20-22-24-26-28-30-32-34-36-43(47)45(49-40-42(50-45)39-38-41(3)46(4)5)44(48)37-35-33-31-29-27-25-23-21-19-17-15-13-11-9-7-2/h14-17,20-23,40-41H,6-13,18-19,24-39H2,1-5H3/b16-14-,17-15-,22-20-,23-21-. The van der Waals surface area contributed by atoms with Crippen molar-refractivity contribution < 1.29 is 19.1 Å². The van der Waals surface area contributed by atoms with Gasteiger partial charge in [-0.15, -0.1) is 0 Å². The van der Waals surface area contributed by atoms with E-state index >= 15 is 0 Å². The number of hydrogen-bond acceptors (Lipinski definition) is 5. The highest BCUT2D eigenvalue weighted by atomic mass is 16.7. The van der Waals surface area contributed by atoms with Crippen LogP contribution in [0.5, 0.6) is 0 Å². The predicted octanol–water partition coefficient (Wildman–Crippen LogP) is 13.1. The first-order valence-corrected chi connectivity index (χ1v) is 20.8. The Morgan fingerprint density at radius 1 is 0.620 bits per heavy atom. The Bertz CT molecular complexity index is 947. The summed E-state index contributed by atoms with van der Waals surface area (Å²) in [4.78, 5) is 29.3. The van der Waals surface area contributed by atoms with Gasteiger partial charge < -0.3 is 14.4 Å². The molecule has 1 atom stereocenters. The third kappa shape index (κ3) is 22.4. The molecule has 286 valence electrons. The van der Waals surface area contributed by atoms with Crippen molar-refractivity contribution in [1.82, 2.24) is 4.90 Å². The highest BCUT2D eigenvalue weighted by Crippen LogP contribution is 2.33. The van der Waals surface area contributed by atoms with Crippen LogP contribution < -0.4 is 0 Å². The quantitative estimate of drug-likeness (QED) is 0.0381. The van der Waals surface area contributed by atoms with E-state index in [1.54, 1.807) is 0 Å². The van der Waals surface area contributed by atoms with Crippen LogP contribution in [-0.2, 0) is 19.1 Å². The van der Waals surface area contributed by atoms with Gasteiger partial charge in [-0.05, 0) is 104 Å². The fraction of sp³-hybridized carbons (Fsp3) is 0.733. The molecule has 0 fully saturated rings. The molecule has 0 N–H and O–H groups in total. The van der Waals surface area contributed by atoms with Gasteiger partial charge in [-0.2, -0.15) is 0 Å². The van der Waals surface area contributed by atoms with E-state index in [0.717, 1.165) is 83.5 Å². The van der Waals surface area contributed by atoms with E-state index < -0.39 is 5.79 Å². The maximum absolute atomic E-state index is 13.6. The first-order valence-electron chi connectivity index (χ1n) is 20.8. The Morgan fingerprint density at radius 3 is 1.44 bits per heavy atom. The lowest BCUT2D eigenvalue weighted by molar-refractivity contribution is -0.185. The highest BCUT2D eigenvalue weighted by molar-refractivity contribution is 6.09. The molecule has 1 heterocycles. The molecule has 0 bridgehead atoms. The molecule has 0 aromatic carbocycles. The van der Waals surface area contributed by atoms with Gasteiger partial charge in [0.2, 0.25) is 11.6 Å². The van der Waals surface area contributed by atoms with Gasteiger partial charge in [0.15, 0.2) is 0 Å². The fourth-order valence-electron chi connectivity index (χ4n) is 6.02. The topological polar surface area (TPSA) is 55.8 Å². The van der Waals surface area contributed by atoms with E-state index in [0.29, 0.717) is 31.1 Å². The number of allylic oxidation sites excluding steroid dienone is 9. The molecule has 1 unspecified atom stereocenters. The summed E-state index contributed by atoms with van der Waals surface area (Å²) in [5.74, 6) is -1.60. The van der Waals surface area contributed by atoms with Gasteiger partial charge in [0.05, 0.1) is 0 Å². The number of unbranched alkanes of at least 4 members (excludes halogenated alkanes) is 16. The second-order valence-electron chi connectivity index (χ2n) is 14.6. The Hall–Kier alpha value is -2.40. The first kappa shape index (κ1) is 45.6. The largest absolute Gasteiger partial charge is 0.444 e. The minimum atomic E-state index is -1.78. The number of rotatable bonds is 34. The van der Waals surface area contributed by atoms with Gasteiger partial charge >= 0.3 is 5.79 Å². The fourth-order valence-corrected chi connectivity index (χ4v) is 6.02. The van der Waals surface area contributed by atoms with Gasteiger partial charge in [0, 0.05) is 25.3 Å². The van der Waals surface area contributed by atoms with Crippen molar-refractivity contribution in [1.29, 1.82) is 0 Å². The number of ketones is 2. The smallest absolute Gasteiger partial charge is 0.372 e. The van der Waals surface area contributed by atoms with Crippen LogP contribution in [0.1, 0.15) is 188 Å². The summed E-state index contributed by atoms with van der Waals surface area (Å²) in [5.41, 5.74) is 0. The summed E-state index contributed by atoms with van der Waals surface area (Å²) in [5, 5.41) is 0. The highest BCUT2D eigenvalue weighted by Gasteiger charge is 2.52. The molecule has 5 heteroatoms. The van der Waals surface area contributed by atoms with E-state index in [9.17, 15) is 9.59 Å². The van der Waals surface area contributed by atoms with Crippen molar-refractivity contribution in [2.24, 2.45) is 0 Å². The molecular weight excluding hydrogens is 618 g/mol. The Labute approximate surface area is 309 Å². The molecular formula is C45H77NO4. The number of Topliss-reactive ketones (excluding diaryl/α,β-unsaturated/α-hetero) is 2. The lowest BCUT2D eigenvalue weighted by atomic mass is 9.96. The van der Waals surface area contributed by atoms with E-state index in [1.165, 1.54) is 70.5 Å². The summed E-state index contributed by atoms with van der Waals surface area (Å²) < 4.78 is 12.0. The Kier molecular flexibility index (Phi) is 28.6. The monoisotopic (exact) mass is 696 g/mol. The van der Waals surface area contributed by atoms with Crippen molar-refractivity contribution in [3.05, 3.63) is 60.6 Å². The van der Waals surface area contributed by atoms with Crippen LogP contribution in [0.4, 0.5) is 0 Å². The summed E-state index contributed by atoms with van der Waals surface area (Å²) >= 11 is 0. The number of carbonyl (C=O) groups excluding carboxylic acids is 2. The average Bonchev–Trinajstić information content (AvgIpc) is 3.56. The zero-order valence-corrected chi connectivity index (χ0v) is 33.2. The molecule has 0 amide bonds. The SMILES string of the molecule is CCCCC/C=C\C/C=C\CCCCCCCC(=O)C1(C(=O)CCCCCCC/C=C\C/C=C\CCCCC)OC=C(CCC(C)N(C)C)O1. The molecule has 0 saturated carbocycles. The molecule has 0 saturated heterocycles. The molecule has 0 aliphatic carbocycles. The molecule has 5 nitrogen and oxygen atoms in total. The van der Waals surface area contributed by atoms with Crippen molar-refractivity contribution in [2.45, 2.75) is 200 Å². The van der Waals surface area contributed by atoms with Gasteiger partial charge in [-0.1, -0.05) is 127 Å². The van der Waals surface area contributed by atoms with Gasteiger partial charge in [-0.25, -0.2) is 0 Å². The summed E-state index contributed by atoms with van der Waals surface area (Å²) in [7, 11) is 4.11. The van der Waals surface area contributed by atoms with Crippen LogP contribution in [0.2, 0.25) is 0 Å². The van der Waals surface area contributed by atoms with Crippen LogP contribution in [0.3, 0.4) is 0 Å². The normalized spacial score (nSPS) is 15.1. The Balaban J connectivity index is 2.40. The van der Waals surface area contributed by atoms with Crippen molar-refractivity contribution >= 4 is 11.6 Å². The van der Waals surface area contributed by atoms with Crippen LogP contribution in [0, 0.1) is 0 Å². The molecule has 1 aliphatic heterocycles. The third-order valence-electron chi connectivity index (χ3n) is 9.76. The van der Waals surface area contributed by atoms with Gasteiger partial charge in [0.1, 0.15) is 12.0 Å². The van der Waals surface area contributed by atoms with Crippen molar-refractivity contribution in [3.63, 3.8) is 0 Å². The molecule has 0 spiro atoms. The van der Waals surface area contributed by atoms with E-state index in [-0.39, 0.29) is 11.6 Å². The number of hydrogen-bond donors (Lipinski definition) is 0. The second kappa shape index (κ2) is 31.3. The summed E-state index contributed by atoms with van der Waals surface area (Å²) in [6.45, 7) is 6.65. The molecule has 1 aliphatic rings. The number of nitrogens with zero attached hydrogens (tertiary/aromatic N) is 1. The van der Waals surface area contributed by atoms with E-state index in [1.807, 2.05) is 0 Å². The summed E-state index contributed by atoms with van der Waals surface area (Å²) in [6.07, 6.45) is 46.7. The maximum atomic E-state index is 13.6. The molecule has 50 heavy (non-hydrogen) atoms. The molecule has 0 aromatic heterocycles. The van der Waals surface area contributed by atoms with Crippen LogP contribution in [0.25, 0.3) is 0 Å². The lowest BCUT2D eigenvalue weighted by Crippen LogP contribution is -2.48. The molecule has 1 rings (SSSR count). The minimum absolute atomic E-state index is 0.220. The predicted molar refractivity (Wildman–Crippen MR) is 214 cm³/mol. The maximum Gasteiger partial charge on any atom is 0.372 e. The zero-order valence-electron chi connectivity index (χ0n) is 33.2. The van der Waals surface area contributed by atoms with Gasteiger partial charge in [0.25, 0.3) is 0 Å². The lowest BCUT2D eigenvalue weighted by Gasteiger charge is -2.26. The van der Waals surface area contributed by atoms with Crippen LogP contribution in [0.15, 0.2) is 60.6 Å². The molecule has 0 radical (unpaired) electrons.